The molecule has 1 atom stereocenters. The van der Waals surface area contributed by atoms with Gasteiger partial charge in [0.2, 0.25) is 5.91 Å². The number of carbonyl (C=O) groups is 2. The van der Waals surface area contributed by atoms with Crippen LogP contribution in [0.2, 0.25) is 5.15 Å². The number of aromatic nitrogens is 1. The van der Waals surface area contributed by atoms with Crippen LogP contribution in [-0.4, -0.2) is 22.8 Å². The molecule has 0 aliphatic heterocycles. The minimum atomic E-state index is -0.869. The maximum absolute atomic E-state index is 12.8. The minimum Gasteiger partial charge on any atom is -0.368 e. The van der Waals surface area contributed by atoms with Crippen molar-refractivity contribution in [1.29, 1.82) is 0 Å². The Labute approximate surface area is 95.8 Å². The predicted octanol–water partition coefficient (Wildman–Crippen LogP) is 0.478. The van der Waals surface area contributed by atoms with Crippen LogP contribution < -0.4 is 11.1 Å². The van der Waals surface area contributed by atoms with Crippen molar-refractivity contribution in [2.45, 2.75) is 13.0 Å². The van der Waals surface area contributed by atoms with E-state index in [1.54, 1.807) is 0 Å². The zero-order chi connectivity index (χ0) is 12.3. The van der Waals surface area contributed by atoms with Gasteiger partial charge in [-0.05, 0) is 13.0 Å². The van der Waals surface area contributed by atoms with Gasteiger partial charge in [0, 0.05) is 0 Å². The third-order valence-corrected chi connectivity index (χ3v) is 2.13. The van der Waals surface area contributed by atoms with Crippen LogP contribution in [0.4, 0.5) is 4.39 Å². The summed E-state index contributed by atoms with van der Waals surface area (Å²) in [6.07, 6.45) is 0.886. The molecule has 5 nitrogen and oxygen atoms in total. The Kier molecular flexibility index (Phi) is 3.78. The molecule has 0 aromatic carbocycles. The van der Waals surface area contributed by atoms with Crippen LogP contribution in [0.15, 0.2) is 12.3 Å². The highest BCUT2D eigenvalue weighted by Gasteiger charge is 2.17. The van der Waals surface area contributed by atoms with Crippen molar-refractivity contribution in [2.75, 3.05) is 0 Å². The molecule has 3 N–H and O–H groups in total. The summed E-state index contributed by atoms with van der Waals surface area (Å²) in [6, 6.07) is 0.0603. The van der Waals surface area contributed by atoms with E-state index in [1.807, 2.05) is 0 Å². The molecule has 86 valence electrons. The number of rotatable bonds is 3. The number of nitrogens with zero attached hydrogens (tertiary/aromatic N) is 1. The highest BCUT2D eigenvalue weighted by atomic mass is 35.5. The minimum absolute atomic E-state index is 0.143. The number of hydrogen-bond donors (Lipinski definition) is 2. The van der Waals surface area contributed by atoms with Gasteiger partial charge in [-0.25, -0.2) is 9.37 Å². The van der Waals surface area contributed by atoms with E-state index in [4.69, 9.17) is 17.3 Å². The zero-order valence-electron chi connectivity index (χ0n) is 8.33. The monoisotopic (exact) mass is 245 g/mol. The summed E-state index contributed by atoms with van der Waals surface area (Å²) >= 11 is 5.60. The van der Waals surface area contributed by atoms with Crippen LogP contribution in [0.1, 0.15) is 17.3 Å². The largest absolute Gasteiger partial charge is 0.368 e. The lowest BCUT2D eigenvalue weighted by Gasteiger charge is -2.10. The lowest BCUT2D eigenvalue weighted by Crippen LogP contribution is -2.42. The normalized spacial score (nSPS) is 11.9. The second-order valence-electron chi connectivity index (χ2n) is 3.09. The van der Waals surface area contributed by atoms with Crippen LogP contribution in [0, 0.1) is 5.82 Å². The van der Waals surface area contributed by atoms with E-state index in [1.165, 1.54) is 6.92 Å². The van der Waals surface area contributed by atoms with Crippen LogP contribution in [-0.2, 0) is 4.79 Å². The molecule has 0 spiro atoms. The first kappa shape index (κ1) is 12.4. The average molecular weight is 246 g/mol. The highest BCUT2D eigenvalue weighted by molar-refractivity contribution is 6.32. The maximum atomic E-state index is 12.8. The predicted molar refractivity (Wildman–Crippen MR) is 55.3 cm³/mol. The molecule has 16 heavy (non-hydrogen) atoms. The van der Waals surface area contributed by atoms with E-state index in [2.05, 4.69) is 10.3 Å². The molecule has 1 rings (SSSR count). The van der Waals surface area contributed by atoms with Crippen molar-refractivity contribution in [3.05, 3.63) is 28.8 Å². The van der Waals surface area contributed by atoms with Gasteiger partial charge >= 0.3 is 0 Å². The highest BCUT2D eigenvalue weighted by Crippen LogP contribution is 2.13. The number of amides is 2. The van der Waals surface area contributed by atoms with Gasteiger partial charge in [0.1, 0.15) is 17.0 Å². The van der Waals surface area contributed by atoms with Crippen LogP contribution in [0.3, 0.4) is 0 Å². The lowest BCUT2D eigenvalue weighted by molar-refractivity contribution is -0.119. The van der Waals surface area contributed by atoms with Crippen molar-refractivity contribution < 1.29 is 14.0 Å². The van der Waals surface area contributed by atoms with E-state index in [0.29, 0.717) is 0 Å². The SMILES string of the molecule is CC(NC(=O)c1cc(F)cnc1Cl)C(N)=O. The summed E-state index contributed by atoms with van der Waals surface area (Å²) in [5.41, 5.74) is 4.81. The fourth-order valence-corrected chi connectivity index (χ4v) is 1.12. The third kappa shape index (κ3) is 2.90. The van der Waals surface area contributed by atoms with Crippen molar-refractivity contribution >= 4 is 23.4 Å². The summed E-state index contributed by atoms with van der Waals surface area (Å²) in [7, 11) is 0. The Bertz CT molecular complexity index is 439. The smallest absolute Gasteiger partial charge is 0.255 e. The van der Waals surface area contributed by atoms with Gasteiger partial charge in [-0.1, -0.05) is 11.6 Å². The average Bonchev–Trinajstić information content (AvgIpc) is 2.21. The molecule has 1 aromatic heterocycles. The Morgan fingerprint density at radius 1 is 1.62 bits per heavy atom. The Hall–Kier alpha value is -1.69. The molecule has 0 aliphatic rings. The van der Waals surface area contributed by atoms with E-state index in [-0.39, 0.29) is 10.7 Å². The second kappa shape index (κ2) is 4.89. The van der Waals surface area contributed by atoms with Gasteiger partial charge in [0.25, 0.3) is 5.91 Å². The molecular formula is C9H9ClFN3O2. The van der Waals surface area contributed by atoms with Gasteiger partial charge in [-0.15, -0.1) is 0 Å². The molecule has 1 heterocycles. The van der Waals surface area contributed by atoms with E-state index < -0.39 is 23.7 Å². The molecule has 0 saturated heterocycles. The fourth-order valence-electron chi connectivity index (χ4n) is 0.927. The molecule has 1 aromatic rings. The number of halogens is 2. The molecule has 0 bridgehead atoms. The van der Waals surface area contributed by atoms with Gasteiger partial charge in [-0.2, -0.15) is 0 Å². The van der Waals surface area contributed by atoms with Crippen LogP contribution >= 0.6 is 11.6 Å². The number of pyridine rings is 1. The summed E-state index contributed by atoms with van der Waals surface area (Å²) in [5, 5.41) is 2.12. The Morgan fingerprint density at radius 2 is 2.25 bits per heavy atom. The first-order valence-corrected chi connectivity index (χ1v) is 4.71. The van der Waals surface area contributed by atoms with Gasteiger partial charge in [0.15, 0.2) is 0 Å². The van der Waals surface area contributed by atoms with Crippen molar-refractivity contribution in [1.82, 2.24) is 10.3 Å². The molecular weight excluding hydrogens is 237 g/mol. The quantitative estimate of drug-likeness (QED) is 0.760. The molecule has 0 aliphatic carbocycles. The topological polar surface area (TPSA) is 85.1 Å². The standard InChI is InChI=1S/C9H9ClFN3O2/c1-4(8(12)15)14-9(16)6-2-5(11)3-13-7(6)10/h2-4H,1H3,(H2,12,15)(H,14,16). The first-order chi connectivity index (χ1) is 7.41. The number of nitrogens with one attached hydrogen (secondary N) is 1. The number of carbonyl (C=O) groups excluding carboxylic acids is 2. The second-order valence-corrected chi connectivity index (χ2v) is 3.45. The molecule has 1 unspecified atom stereocenters. The summed E-state index contributed by atoms with van der Waals surface area (Å²) in [5.74, 6) is -2.10. The zero-order valence-corrected chi connectivity index (χ0v) is 9.08. The van der Waals surface area contributed by atoms with Crippen molar-refractivity contribution in [3.8, 4) is 0 Å². The van der Waals surface area contributed by atoms with Gasteiger partial charge in [-0.3, -0.25) is 9.59 Å². The van der Waals surface area contributed by atoms with E-state index in [0.717, 1.165) is 12.3 Å². The Morgan fingerprint density at radius 3 is 2.81 bits per heavy atom. The Balaban J connectivity index is 2.88. The van der Waals surface area contributed by atoms with Crippen molar-refractivity contribution in [2.24, 2.45) is 5.73 Å². The summed E-state index contributed by atoms with van der Waals surface area (Å²) in [6.45, 7) is 1.40. The van der Waals surface area contributed by atoms with Crippen LogP contribution in [0.25, 0.3) is 0 Å². The van der Waals surface area contributed by atoms with Gasteiger partial charge < -0.3 is 11.1 Å². The number of primary amides is 1. The van der Waals surface area contributed by atoms with E-state index in [9.17, 15) is 14.0 Å². The van der Waals surface area contributed by atoms with Gasteiger partial charge in [0.05, 0.1) is 11.8 Å². The summed E-state index contributed by atoms with van der Waals surface area (Å²) in [4.78, 5) is 25.7. The molecule has 2 amide bonds. The molecule has 0 saturated carbocycles. The number of nitrogens with two attached hydrogens (primary N) is 1. The molecule has 7 heteroatoms. The first-order valence-electron chi connectivity index (χ1n) is 4.33. The summed E-state index contributed by atoms with van der Waals surface area (Å²) < 4.78 is 12.8. The maximum Gasteiger partial charge on any atom is 0.255 e. The molecule has 0 fully saturated rings. The molecule has 0 radical (unpaired) electrons. The third-order valence-electron chi connectivity index (χ3n) is 1.82. The van der Waals surface area contributed by atoms with Crippen LogP contribution in [0.5, 0.6) is 0 Å². The lowest BCUT2D eigenvalue weighted by atomic mass is 10.2. The van der Waals surface area contributed by atoms with E-state index >= 15 is 0 Å². The number of hydrogen-bond acceptors (Lipinski definition) is 3. The van der Waals surface area contributed by atoms with Crippen molar-refractivity contribution in [3.63, 3.8) is 0 Å². The fraction of sp³-hybridized carbons (Fsp3) is 0.222.